The number of rotatable bonds is 2. The molecule has 0 saturated carbocycles. The highest BCUT2D eigenvalue weighted by molar-refractivity contribution is 5.63. The number of hydrogen-bond donors (Lipinski definition) is 0. The molecule has 0 nitrogen and oxygen atoms in total. The Labute approximate surface area is 64.2 Å². The minimum atomic E-state index is -0.592. The van der Waals surface area contributed by atoms with Gasteiger partial charge in [-0.2, -0.15) is 0 Å². The summed E-state index contributed by atoms with van der Waals surface area (Å²) in [5.41, 5.74) is 1.03. The molecule has 0 aliphatic heterocycles. The first-order valence-electron chi connectivity index (χ1n) is 3.23. The third-order valence-corrected chi connectivity index (χ3v) is 1.41. The third-order valence-electron chi connectivity index (χ3n) is 1.41. The van der Waals surface area contributed by atoms with Crippen LogP contribution in [0.2, 0.25) is 0 Å². The van der Waals surface area contributed by atoms with Crippen LogP contribution in [-0.2, 0) is 0 Å². The van der Waals surface area contributed by atoms with Crippen molar-refractivity contribution in [3.63, 3.8) is 0 Å². The summed E-state index contributed by atoms with van der Waals surface area (Å²) in [6.45, 7) is 2.88. The molecule has 0 saturated heterocycles. The summed E-state index contributed by atoms with van der Waals surface area (Å²) in [5.74, 6) is -0.319. The highest BCUT2D eigenvalue weighted by Crippen LogP contribution is 2.12. The lowest BCUT2D eigenvalue weighted by Gasteiger charge is -1.98. The zero-order chi connectivity index (χ0) is 8.27. The van der Waals surface area contributed by atoms with Crippen LogP contribution in [-0.4, -0.2) is 6.67 Å². The predicted molar refractivity (Wildman–Crippen MR) is 41.4 cm³/mol. The lowest BCUT2D eigenvalue weighted by Crippen LogP contribution is -1.84. The van der Waals surface area contributed by atoms with Crippen molar-refractivity contribution in [1.82, 2.24) is 0 Å². The van der Waals surface area contributed by atoms with Gasteiger partial charge in [0.1, 0.15) is 12.5 Å². The minimum Gasteiger partial charge on any atom is -0.246 e. The van der Waals surface area contributed by atoms with E-state index in [1.165, 1.54) is 24.3 Å². The van der Waals surface area contributed by atoms with Gasteiger partial charge < -0.3 is 0 Å². The average molecular weight is 154 g/mol. The molecule has 0 aliphatic carbocycles. The first-order chi connectivity index (χ1) is 5.24. The molecule has 0 bridgehead atoms. The summed E-state index contributed by atoms with van der Waals surface area (Å²) in [5, 5.41) is 0. The third kappa shape index (κ3) is 1.87. The van der Waals surface area contributed by atoms with Crippen LogP contribution in [0.5, 0.6) is 0 Å². The van der Waals surface area contributed by atoms with Gasteiger partial charge in [0.2, 0.25) is 0 Å². The number of allylic oxidation sites excluding steroid dienone is 1. The summed E-state index contributed by atoms with van der Waals surface area (Å²) in [6.07, 6.45) is 0. The van der Waals surface area contributed by atoms with Gasteiger partial charge in [0.15, 0.2) is 0 Å². The van der Waals surface area contributed by atoms with Crippen LogP contribution in [0.1, 0.15) is 5.56 Å². The van der Waals surface area contributed by atoms with E-state index in [1.54, 1.807) is 0 Å². The fraction of sp³-hybridized carbons (Fsp3) is 0.111. The Balaban J connectivity index is 2.90. The summed E-state index contributed by atoms with van der Waals surface area (Å²) in [6, 6.07) is 5.60. The molecule has 11 heavy (non-hydrogen) atoms. The van der Waals surface area contributed by atoms with Crippen LogP contribution in [0.25, 0.3) is 5.57 Å². The largest absolute Gasteiger partial charge is 0.246 e. The van der Waals surface area contributed by atoms with Crippen LogP contribution in [0.3, 0.4) is 0 Å². The Hall–Kier alpha value is -1.18. The number of alkyl halides is 1. The molecule has 1 rings (SSSR count). The number of hydrogen-bond acceptors (Lipinski definition) is 0. The van der Waals surface area contributed by atoms with Crippen LogP contribution < -0.4 is 0 Å². The molecule has 2 heteroatoms. The van der Waals surface area contributed by atoms with E-state index in [0.29, 0.717) is 11.1 Å². The summed E-state index contributed by atoms with van der Waals surface area (Å²) >= 11 is 0. The maximum absolute atomic E-state index is 12.3. The van der Waals surface area contributed by atoms with Crippen molar-refractivity contribution in [1.29, 1.82) is 0 Å². The van der Waals surface area contributed by atoms with Crippen molar-refractivity contribution in [2.45, 2.75) is 0 Å². The normalized spacial score (nSPS) is 9.64. The van der Waals surface area contributed by atoms with Gasteiger partial charge in [0.05, 0.1) is 0 Å². The molecule has 0 fully saturated rings. The SMILES string of the molecule is C=C(CF)c1ccc(F)cc1. The average Bonchev–Trinajstić information content (AvgIpc) is 2.05. The molecule has 58 valence electrons. The number of halogens is 2. The van der Waals surface area contributed by atoms with Crippen molar-refractivity contribution in [2.24, 2.45) is 0 Å². The Morgan fingerprint density at radius 1 is 1.27 bits per heavy atom. The van der Waals surface area contributed by atoms with Gasteiger partial charge >= 0.3 is 0 Å². The monoisotopic (exact) mass is 154 g/mol. The Kier molecular flexibility index (Phi) is 2.36. The van der Waals surface area contributed by atoms with Gasteiger partial charge in [-0.05, 0) is 23.3 Å². The second-order valence-corrected chi connectivity index (χ2v) is 2.24. The molecule has 0 atom stereocenters. The first-order valence-corrected chi connectivity index (χ1v) is 3.23. The lowest BCUT2D eigenvalue weighted by molar-refractivity contribution is 0.571. The fourth-order valence-electron chi connectivity index (χ4n) is 0.763. The quantitative estimate of drug-likeness (QED) is 0.614. The van der Waals surface area contributed by atoms with Crippen LogP contribution in [0.15, 0.2) is 30.8 Å². The van der Waals surface area contributed by atoms with Gasteiger partial charge in [-0.25, -0.2) is 8.78 Å². The van der Waals surface area contributed by atoms with E-state index in [-0.39, 0.29) is 5.82 Å². The minimum absolute atomic E-state index is 0.319. The maximum atomic E-state index is 12.3. The van der Waals surface area contributed by atoms with Crippen molar-refractivity contribution >= 4 is 5.57 Å². The van der Waals surface area contributed by atoms with Crippen molar-refractivity contribution in [2.75, 3.05) is 6.67 Å². The first kappa shape index (κ1) is 7.92. The zero-order valence-corrected chi connectivity index (χ0v) is 5.98. The van der Waals surface area contributed by atoms with Gasteiger partial charge in [-0.3, -0.25) is 0 Å². The van der Waals surface area contributed by atoms with E-state index < -0.39 is 6.67 Å². The van der Waals surface area contributed by atoms with Gasteiger partial charge in [-0.15, -0.1) is 0 Å². The van der Waals surface area contributed by atoms with Crippen LogP contribution in [0, 0.1) is 5.82 Å². The molecule has 0 heterocycles. The fourth-order valence-corrected chi connectivity index (χ4v) is 0.763. The van der Waals surface area contributed by atoms with Crippen molar-refractivity contribution in [3.05, 3.63) is 42.2 Å². The van der Waals surface area contributed by atoms with Gasteiger partial charge in [0, 0.05) is 0 Å². The van der Waals surface area contributed by atoms with Crippen LogP contribution in [0.4, 0.5) is 8.78 Å². The topological polar surface area (TPSA) is 0 Å². The van der Waals surface area contributed by atoms with Gasteiger partial charge in [0.25, 0.3) is 0 Å². The molecule has 1 aromatic rings. The van der Waals surface area contributed by atoms with Gasteiger partial charge in [-0.1, -0.05) is 18.7 Å². The summed E-state index contributed by atoms with van der Waals surface area (Å²) in [4.78, 5) is 0. The predicted octanol–water partition coefficient (Wildman–Crippen LogP) is 2.81. The second-order valence-electron chi connectivity index (χ2n) is 2.24. The molecule has 0 radical (unpaired) electrons. The van der Waals surface area contributed by atoms with Crippen LogP contribution >= 0.6 is 0 Å². The van der Waals surface area contributed by atoms with Crippen molar-refractivity contribution in [3.8, 4) is 0 Å². The Morgan fingerprint density at radius 2 is 1.82 bits per heavy atom. The van der Waals surface area contributed by atoms with E-state index >= 15 is 0 Å². The smallest absolute Gasteiger partial charge is 0.123 e. The molecular formula is C9H8F2. The summed E-state index contributed by atoms with van der Waals surface area (Å²) in [7, 11) is 0. The zero-order valence-electron chi connectivity index (χ0n) is 5.98. The standard InChI is InChI=1S/C9H8F2/c1-7(6-10)8-2-4-9(11)5-3-8/h2-5H,1,6H2. The van der Waals surface area contributed by atoms with Crippen molar-refractivity contribution < 1.29 is 8.78 Å². The molecule has 0 aromatic heterocycles. The Morgan fingerprint density at radius 3 is 2.27 bits per heavy atom. The van der Waals surface area contributed by atoms with E-state index in [9.17, 15) is 8.78 Å². The van der Waals surface area contributed by atoms with E-state index in [2.05, 4.69) is 6.58 Å². The maximum Gasteiger partial charge on any atom is 0.123 e. The Bertz CT molecular complexity index is 249. The number of benzene rings is 1. The highest BCUT2D eigenvalue weighted by Gasteiger charge is 1.96. The summed E-state index contributed by atoms with van der Waals surface area (Å²) < 4.78 is 24.3. The highest BCUT2D eigenvalue weighted by atomic mass is 19.1. The van der Waals surface area contributed by atoms with E-state index in [1.807, 2.05) is 0 Å². The molecular weight excluding hydrogens is 146 g/mol. The molecule has 0 unspecified atom stereocenters. The molecule has 0 spiro atoms. The molecule has 0 aliphatic rings. The molecule has 1 aromatic carbocycles. The molecule has 0 N–H and O–H groups in total. The molecule has 0 amide bonds. The lowest BCUT2D eigenvalue weighted by atomic mass is 10.1. The van der Waals surface area contributed by atoms with E-state index in [0.717, 1.165) is 0 Å². The van der Waals surface area contributed by atoms with E-state index in [4.69, 9.17) is 0 Å². The second kappa shape index (κ2) is 3.28.